The van der Waals surface area contributed by atoms with Crippen molar-refractivity contribution in [3.8, 4) is 203 Å². The summed E-state index contributed by atoms with van der Waals surface area (Å²) in [6.45, 7) is 0. The zero-order chi connectivity index (χ0) is 84.4. The second kappa shape index (κ2) is 37.6. The van der Waals surface area contributed by atoms with E-state index in [9.17, 15) is 0 Å². The molecule has 0 fully saturated rings. The minimum absolute atomic E-state index is 0.627. The van der Waals surface area contributed by atoms with Gasteiger partial charge < -0.3 is 0 Å². The lowest BCUT2D eigenvalue weighted by Crippen LogP contribution is -2.00. The molecule has 0 unspecified atom stereocenters. The van der Waals surface area contributed by atoms with E-state index in [4.69, 9.17) is 44.9 Å². The number of hydrogen-bond acceptors (Lipinski definition) is 11. The Labute approximate surface area is 732 Å². The molecule has 21 aromatic rings. The van der Waals surface area contributed by atoms with Crippen LogP contribution in [0.25, 0.3) is 203 Å². The SMILES string of the molecule is c1ccc(-c2cc(-c3ccc(-c4ccccn4)cc3)cc(-c3nc(-c4ccccc4)nc(-c4ccccc4)n3)c2)cc1.c1ccc(-c2cc(-c3cccc(-c4ccccn4)c3)cc(-c3nc(-c4ccccc4)nc(-c4ccccc4)n3)c2)cc1.c1ccc(-c2ccc(-c3cc(-c4ccccc4)cc(-c4nc(-c5ccccc5)nc(-c5ccccc5)n4)c3)cc2)cc1. The highest BCUT2D eigenvalue weighted by molar-refractivity contribution is 5.86. The molecule has 0 saturated heterocycles. The molecule has 0 radical (unpaired) electrons. The van der Waals surface area contributed by atoms with Crippen LogP contribution < -0.4 is 0 Å². The fraction of sp³-hybridized carbons (Fsp3) is 0. The Morgan fingerprint density at radius 3 is 0.500 bits per heavy atom. The smallest absolute Gasteiger partial charge is 0.164 e. The van der Waals surface area contributed by atoms with Gasteiger partial charge in [-0.1, -0.05) is 382 Å². The van der Waals surface area contributed by atoms with E-state index in [0.29, 0.717) is 52.4 Å². The second-order valence-corrected chi connectivity index (χ2v) is 30.1. The molecule has 0 atom stereocenters. The van der Waals surface area contributed by atoms with E-state index in [1.54, 1.807) is 0 Å². The van der Waals surface area contributed by atoms with Gasteiger partial charge in [-0.15, -0.1) is 0 Å². The normalized spacial score (nSPS) is 10.9. The predicted octanol–water partition coefficient (Wildman–Crippen LogP) is 28.4. The van der Waals surface area contributed by atoms with Crippen molar-refractivity contribution in [1.29, 1.82) is 0 Å². The van der Waals surface area contributed by atoms with Gasteiger partial charge in [-0.3, -0.25) is 9.97 Å². The highest BCUT2D eigenvalue weighted by Crippen LogP contribution is 2.40. The van der Waals surface area contributed by atoms with Crippen LogP contribution in [0.3, 0.4) is 0 Å². The third kappa shape index (κ3) is 18.7. The molecule has 21 rings (SSSR count). The Balaban J connectivity index is 0.000000123. The van der Waals surface area contributed by atoms with Crippen molar-refractivity contribution in [3.63, 3.8) is 0 Å². The molecule has 0 bridgehead atoms. The van der Waals surface area contributed by atoms with Crippen LogP contribution in [-0.4, -0.2) is 54.8 Å². The van der Waals surface area contributed by atoms with Crippen LogP contribution in [0.5, 0.6) is 0 Å². The molecular formula is C115H79N11. The second-order valence-electron chi connectivity index (χ2n) is 30.1. The zero-order valence-corrected chi connectivity index (χ0v) is 68.5. The molecule has 0 N–H and O–H groups in total. The van der Waals surface area contributed by atoms with E-state index >= 15 is 0 Å². The Morgan fingerprint density at radius 2 is 0.254 bits per heavy atom. The van der Waals surface area contributed by atoms with Crippen molar-refractivity contribution in [1.82, 2.24) is 54.8 Å². The van der Waals surface area contributed by atoms with Gasteiger partial charge >= 0.3 is 0 Å². The van der Waals surface area contributed by atoms with Gasteiger partial charge in [0, 0.05) is 73.6 Å². The highest BCUT2D eigenvalue weighted by Gasteiger charge is 2.21. The van der Waals surface area contributed by atoms with Gasteiger partial charge in [0.15, 0.2) is 52.4 Å². The summed E-state index contributed by atoms with van der Waals surface area (Å²) >= 11 is 0. The first-order chi connectivity index (χ1) is 62.4. The summed E-state index contributed by atoms with van der Waals surface area (Å²) in [6.07, 6.45) is 3.65. The Kier molecular flexibility index (Phi) is 23.5. The highest BCUT2D eigenvalue weighted by atomic mass is 15.1. The van der Waals surface area contributed by atoms with Gasteiger partial charge in [-0.05, 0) is 163 Å². The lowest BCUT2D eigenvalue weighted by molar-refractivity contribution is 1.07. The van der Waals surface area contributed by atoms with Gasteiger partial charge in [-0.2, -0.15) is 0 Å². The molecule has 5 aromatic heterocycles. The quantitative estimate of drug-likeness (QED) is 0.0810. The number of nitrogens with zero attached hydrogens (tertiary/aromatic N) is 11. The Hall–Kier alpha value is -17.2. The third-order valence-electron chi connectivity index (χ3n) is 21.7. The van der Waals surface area contributed by atoms with Crippen molar-refractivity contribution in [2.24, 2.45) is 0 Å². The van der Waals surface area contributed by atoms with E-state index < -0.39 is 0 Å². The summed E-state index contributed by atoms with van der Waals surface area (Å²) in [6, 6.07) is 160. The van der Waals surface area contributed by atoms with Gasteiger partial charge in [-0.25, -0.2) is 44.9 Å². The molecule has 11 heteroatoms. The molecule has 126 heavy (non-hydrogen) atoms. The summed E-state index contributed by atoms with van der Waals surface area (Å²) < 4.78 is 0. The van der Waals surface area contributed by atoms with E-state index in [1.807, 2.05) is 255 Å². The van der Waals surface area contributed by atoms with Crippen molar-refractivity contribution in [2.45, 2.75) is 0 Å². The van der Waals surface area contributed by atoms with E-state index in [0.717, 1.165) is 139 Å². The van der Waals surface area contributed by atoms with E-state index in [2.05, 4.69) is 234 Å². The molecule has 594 valence electrons. The lowest BCUT2D eigenvalue weighted by Gasteiger charge is -2.13. The maximum absolute atomic E-state index is 5.00. The van der Waals surface area contributed by atoms with Crippen molar-refractivity contribution in [2.75, 3.05) is 0 Å². The summed E-state index contributed by atoms with van der Waals surface area (Å²) in [4.78, 5) is 53.7. The topological polar surface area (TPSA) is 142 Å². The molecule has 0 aliphatic carbocycles. The van der Waals surface area contributed by atoms with Crippen LogP contribution >= 0.6 is 0 Å². The number of hydrogen-bond donors (Lipinski definition) is 0. The summed E-state index contributed by atoms with van der Waals surface area (Å²) in [7, 11) is 0. The largest absolute Gasteiger partial charge is 0.256 e. The van der Waals surface area contributed by atoms with Gasteiger partial charge in [0.2, 0.25) is 0 Å². The molecule has 5 heterocycles. The number of aromatic nitrogens is 11. The van der Waals surface area contributed by atoms with Crippen LogP contribution in [0.2, 0.25) is 0 Å². The molecule has 0 amide bonds. The summed E-state index contributed by atoms with van der Waals surface area (Å²) in [5.74, 6) is 5.77. The monoisotopic (exact) mass is 1610 g/mol. The fourth-order valence-electron chi connectivity index (χ4n) is 15.2. The predicted molar refractivity (Wildman–Crippen MR) is 513 cm³/mol. The molecule has 0 aliphatic rings. The number of benzene rings is 16. The van der Waals surface area contributed by atoms with Gasteiger partial charge in [0.1, 0.15) is 0 Å². The number of rotatable bonds is 18. The molecule has 0 saturated carbocycles. The molecule has 16 aromatic carbocycles. The van der Waals surface area contributed by atoms with Crippen LogP contribution in [-0.2, 0) is 0 Å². The lowest BCUT2D eigenvalue weighted by atomic mass is 9.94. The maximum atomic E-state index is 5.00. The molecular weight excluding hydrogens is 1540 g/mol. The first-order valence-corrected chi connectivity index (χ1v) is 41.8. The number of pyridine rings is 2. The molecule has 0 spiro atoms. The first-order valence-electron chi connectivity index (χ1n) is 41.8. The third-order valence-corrected chi connectivity index (χ3v) is 21.7. The van der Waals surface area contributed by atoms with Gasteiger partial charge in [0.05, 0.1) is 11.4 Å². The average molecular weight is 1610 g/mol. The standard InChI is InChI=1S/C39H27N3.2C38H26N4/c1-5-13-28(14-6-1)30-21-23-31(24-22-30)35-25-34(29-15-7-2-8-16-29)26-36(27-35)39-41-37(32-17-9-3-10-18-32)40-38(42-39)33-19-11-4-12-20-33;1-4-13-27(14-5-1)32-24-33(30-19-12-20-31(23-30)35-21-10-11-22-39-35)26-34(25-32)38-41-36(28-15-6-2-7-16-28)40-37(42-38)29-17-8-3-9-18-29;1-4-12-27(13-5-1)32-24-33(28-19-21-29(22-20-28)35-18-10-11-23-39-35)26-34(25-32)38-41-36(30-14-6-2-7-15-30)40-37(42-38)31-16-8-3-9-17-31/h1-27H;2*1-26H. The van der Waals surface area contributed by atoms with Crippen molar-refractivity contribution < 1.29 is 0 Å². The summed E-state index contributed by atoms with van der Waals surface area (Å²) in [5, 5.41) is 0. The Bertz CT molecular complexity index is 6760. The van der Waals surface area contributed by atoms with E-state index in [1.165, 1.54) is 11.1 Å². The fourth-order valence-corrected chi connectivity index (χ4v) is 15.2. The minimum atomic E-state index is 0.627. The average Bonchev–Trinajstić information content (AvgIpc) is 0.788. The van der Waals surface area contributed by atoms with Crippen molar-refractivity contribution in [3.05, 3.63) is 480 Å². The maximum Gasteiger partial charge on any atom is 0.164 e. The van der Waals surface area contributed by atoms with E-state index in [-0.39, 0.29) is 0 Å². The minimum Gasteiger partial charge on any atom is -0.256 e. The van der Waals surface area contributed by atoms with Crippen LogP contribution in [0, 0.1) is 0 Å². The van der Waals surface area contributed by atoms with Crippen LogP contribution in [0.1, 0.15) is 0 Å². The molecule has 0 aliphatic heterocycles. The first kappa shape index (κ1) is 78.7. The summed E-state index contributed by atoms with van der Waals surface area (Å²) in [5.41, 5.74) is 28.2. The van der Waals surface area contributed by atoms with Crippen LogP contribution in [0.4, 0.5) is 0 Å². The van der Waals surface area contributed by atoms with Crippen LogP contribution in [0.15, 0.2) is 480 Å². The van der Waals surface area contributed by atoms with Crippen molar-refractivity contribution >= 4 is 0 Å². The Morgan fingerprint density at radius 1 is 0.0952 bits per heavy atom. The zero-order valence-electron chi connectivity index (χ0n) is 68.5. The van der Waals surface area contributed by atoms with Gasteiger partial charge in [0.25, 0.3) is 0 Å². The molecule has 11 nitrogen and oxygen atoms in total.